The minimum atomic E-state index is -0.0959. The number of thiophene rings is 1. The molecule has 2 aromatic rings. The number of fused-ring (bicyclic) bond motifs is 1. The molecule has 0 saturated carbocycles. The summed E-state index contributed by atoms with van der Waals surface area (Å²) in [6.07, 6.45) is 2.61. The van der Waals surface area contributed by atoms with Crippen LogP contribution in [0.25, 0.3) is 10.1 Å². The van der Waals surface area contributed by atoms with Gasteiger partial charge < -0.3 is 0 Å². The van der Waals surface area contributed by atoms with Crippen molar-refractivity contribution in [3.63, 3.8) is 0 Å². The molecule has 0 bridgehead atoms. The molecule has 1 aliphatic heterocycles. The average Bonchev–Trinajstić information content (AvgIpc) is 2.88. The average molecular weight is 235 g/mol. The Labute approximate surface area is 98.5 Å². The Hall–Kier alpha value is -0.930. The third-order valence-corrected chi connectivity index (χ3v) is 4.22. The van der Waals surface area contributed by atoms with E-state index in [0.717, 1.165) is 16.6 Å². The Bertz CT molecular complexity index is 500. The maximum absolute atomic E-state index is 13.5. The molecule has 0 radical (unpaired) electrons. The van der Waals surface area contributed by atoms with Crippen molar-refractivity contribution in [2.24, 2.45) is 0 Å². The molecular formula is C13H14FNS. The number of likely N-dealkylation sites (tertiary alicyclic amines) is 1. The molecule has 1 fully saturated rings. The third kappa shape index (κ3) is 1.85. The molecule has 0 N–H and O–H groups in total. The van der Waals surface area contributed by atoms with E-state index in [0.29, 0.717) is 0 Å². The van der Waals surface area contributed by atoms with Gasteiger partial charge in [-0.05, 0) is 44.1 Å². The predicted molar refractivity (Wildman–Crippen MR) is 66.3 cm³/mol. The van der Waals surface area contributed by atoms with Gasteiger partial charge in [0.25, 0.3) is 0 Å². The Morgan fingerprint density at radius 3 is 2.81 bits per heavy atom. The minimum absolute atomic E-state index is 0.0959. The number of nitrogens with zero attached hydrogens (tertiary/aromatic N) is 1. The molecule has 0 amide bonds. The third-order valence-electron chi connectivity index (χ3n) is 3.14. The Morgan fingerprint density at radius 2 is 2.06 bits per heavy atom. The normalized spacial score (nSPS) is 17.3. The van der Waals surface area contributed by atoms with Crippen molar-refractivity contribution in [3.05, 3.63) is 35.0 Å². The fraction of sp³-hybridized carbons (Fsp3) is 0.385. The van der Waals surface area contributed by atoms with Gasteiger partial charge in [-0.3, -0.25) is 4.90 Å². The van der Waals surface area contributed by atoms with Gasteiger partial charge in [0.1, 0.15) is 5.82 Å². The molecule has 1 aliphatic rings. The molecule has 1 aromatic carbocycles. The maximum Gasteiger partial charge on any atom is 0.131 e. The lowest BCUT2D eigenvalue weighted by molar-refractivity contribution is 0.334. The summed E-state index contributed by atoms with van der Waals surface area (Å²) in [5.74, 6) is -0.0959. The highest BCUT2D eigenvalue weighted by molar-refractivity contribution is 7.19. The van der Waals surface area contributed by atoms with Crippen molar-refractivity contribution in [2.75, 3.05) is 13.1 Å². The standard InChI is InChI=1S/C13H14FNS/c14-12-4-3-5-13-11(12)8-10(16-13)9-15-6-1-2-7-15/h3-5,8H,1-2,6-7,9H2. The summed E-state index contributed by atoms with van der Waals surface area (Å²) in [5, 5.41) is 0.779. The van der Waals surface area contributed by atoms with Gasteiger partial charge in [0.2, 0.25) is 0 Å². The highest BCUT2D eigenvalue weighted by atomic mass is 32.1. The van der Waals surface area contributed by atoms with Crippen LogP contribution in [0.15, 0.2) is 24.3 Å². The quantitative estimate of drug-likeness (QED) is 0.768. The van der Waals surface area contributed by atoms with Crippen LogP contribution < -0.4 is 0 Å². The second kappa shape index (κ2) is 4.15. The first-order chi connectivity index (χ1) is 7.83. The zero-order valence-electron chi connectivity index (χ0n) is 9.08. The van der Waals surface area contributed by atoms with E-state index in [1.165, 1.54) is 36.9 Å². The van der Waals surface area contributed by atoms with Crippen LogP contribution in [0.4, 0.5) is 4.39 Å². The van der Waals surface area contributed by atoms with E-state index in [-0.39, 0.29) is 5.82 Å². The molecular weight excluding hydrogens is 221 g/mol. The first kappa shape index (κ1) is 10.2. The predicted octanol–water partition coefficient (Wildman–Crippen LogP) is 3.64. The second-order valence-corrected chi connectivity index (χ2v) is 5.52. The Morgan fingerprint density at radius 1 is 1.25 bits per heavy atom. The van der Waals surface area contributed by atoms with Crippen LogP contribution in [0.2, 0.25) is 0 Å². The van der Waals surface area contributed by atoms with Crippen LogP contribution in [0, 0.1) is 5.82 Å². The molecule has 0 atom stereocenters. The molecule has 1 saturated heterocycles. The van der Waals surface area contributed by atoms with Crippen molar-refractivity contribution in [1.29, 1.82) is 0 Å². The molecule has 3 rings (SSSR count). The molecule has 1 nitrogen and oxygen atoms in total. The minimum Gasteiger partial charge on any atom is -0.298 e. The van der Waals surface area contributed by atoms with Gasteiger partial charge in [0.15, 0.2) is 0 Å². The summed E-state index contributed by atoms with van der Waals surface area (Å²) >= 11 is 1.72. The smallest absolute Gasteiger partial charge is 0.131 e. The van der Waals surface area contributed by atoms with Gasteiger partial charge in [0.05, 0.1) is 0 Å². The lowest BCUT2D eigenvalue weighted by Crippen LogP contribution is -2.17. The molecule has 2 heterocycles. The summed E-state index contributed by atoms with van der Waals surface area (Å²) in [7, 11) is 0. The highest BCUT2D eigenvalue weighted by Crippen LogP contribution is 2.29. The van der Waals surface area contributed by atoms with Gasteiger partial charge in [-0.2, -0.15) is 0 Å². The number of hydrogen-bond donors (Lipinski definition) is 0. The van der Waals surface area contributed by atoms with Crippen LogP contribution in [0.5, 0.6) is 0 Å². The van der Waals surface area contributed by atoms with E-state index in [1.54, 1.807) is 17.4 Å². The zero-order valence-corrected chi connectivity index (χ0v) is 9.89. The van der Waals surface area contributed by atoms with Crippen LogP contribution in [-0.2, 0) is 6.54 Å². The summed E-state index contributed by atoms with van der Waals surface area (Å²) in [5.41, 5.74) is 0. The Kier molecular flexibility index (Phi) is 2.65. The number of rotatable bonds is 2. The number of hydrogen-bond acceptors (Lipinski definition) is 2. The fourth-order valence-corrected chi connectivity index (χ4v) is 3.44. The molecule has 3 heteroatoms. The fourth-order valence-electron chi connectivity index (χ4n) is 2.32. The first-order valence-electron chi connectivity index (χ1n) is 5.72. The molecule has 16 heavy (non-hydrogen) atoms. The van der Waals surface area contributed by atoms with E-state index in [1.807, 2.05) is 12.1 Å². The van der Waals surface area contributed by atoms with E-state index in [9.17, 15) is 4.39 Å². The highest BCUT2D eigenvalue weighted by Gasteiger charge is 2.13. The number of halogens is 1. The van der Waals surface area contributed by atoms with E-state index in [4.69, 9.17) is 0 Å². The molecule has 1 aromatic heterocycles. The summed E-state index contributed by atoms with van der Waals surface area (Å²) < 4.78 is 14.6. The SMILES string of the molecule is Fc1cccc2sc(CN3CCCC3)cc12. The number of benzene rings is 1. The van der Waals surface area contributed by atoms with Crippen molar-refractivity contribution < 1.29 is 4.39 Å². The van der Waals surface area contributed by atoms with Gasteiger partial charge in [0, 0.05) is 21.5 Å². The van der Waals surface area contributed by atoms with Gasteiger partial charge >= 0.3 is 0 Å². The van der Waals surface area contributed by atoms with E-state index in [2.05, 4.69) is 4.90 Å². The van der Waals surface area contributed by atoms with Crippen LogP contribution in [0.3, 0.4) is 0 Å². The van der Waals surface area contributed by atoms with Gasteiger partial charge in [-0.25, -0.2) is 4.39 Å². The van der Waals surface area contributed by atoms with Crippen molar-refractivity contribution in [3.8, 4) is 0 Å². The molecule has 0 spiro atoms. The summed E-state index contributed by atoms with van der Waals surface area (Å²) in [6.45, 7) is 3.37. The molecule has 84 valence electrons. The van der Waals surface area contributed by atoms with E-state index < -0.39 is 0 Å². The zero-order chi connectivity index (χ0) is 11.0. The van der Waals surface area contributed by atoms with Crippen molar-refractivity contribution in [2.45, 2.75) is 19.4 Å². The lowest BCUT2D eigenvalue weighted by atomic mass is 10.2. The van der Waals surface area contributed by atoms with Crippen LogP contribution in [0.1, 0.15) is 17.7 Å². The van der Waals surface area contributed by atoms with Crippen molar-refractivity contribution >= 4 is 21.4 Å². The van der Waals surface area contributed by atoms with Gasteiger partial charge in [-0.15, -0.1) is 11.3 Å². The largest absolute Gasteiger partial charge is 0.298 e. The Balaban J connectivity index is 1.90. The lowest BCUT2D eigenvalue weighted by Gasteiger charge is -2.12. The van der Waals surface area contributed by atoms with Crippen molar-refractivity contribution in [1.82, 2.24) is 4.90 Å². The van der Waals surface area contributed by atoms with Crippen LogP contribution in [-0.4, -0.2) is 18.0 Å². The topological polar surface area (TPSA) is 3.24 Å². The molecule has 0 unspecified atom stereocenters. The monoisotopic (exact) mass is 235 g/mol. The van der Waals surface area contributed by atoms with E-state index >= 15 is 0 Å². The molecule has 0 aliphatic carbocycles. The summed E-state index contributed by atoms with van der Waals surface area (Å²) in [4.78, 5) is 3.73. The second-order valence-electron chi connectivity index (χ2n) is 4.35. The van der Waals surface area contributed by atoms with Gasteiger partial charge in [-0.1, -0.05) is 6.07 Å². The summed E-state index contributed by atoms with van der Waals surface area (Å²) in [6, 6.07) is 7.33. The first-order valence-corrected chi connectivity index (χ1v) is 6.54. The maximum atomic E-state index is 13.5. The van der Waals surface area contributed by atoms with Crippen LogP contribution >= 0.6 is 11.3 Å².